The summed E-state index contributed by atoms with van der Waals surface area (Å²) in [5, 5.41) is 3.32. The summed E-state index contributed by atoms with van der Waals surface area (Å²) in [7, 11) is 2.02. The lowest BCUT2D eigenvalue weighted by Crippen LogP contribution is -2.07. The van der Waals surface area contributed by atoms with Crippen molar-refractivity contribution in [1.82, 2.24) is 4.57 Å². The van der Waals surface area contributed by atoms with E-state index >= 15 is 0 Å². The summed E-state index contributed by atoms with van der Waals surface area (Å²) >= 11 is 0. The third-order valence-electron chi connectivity index (χ3n) is 3.08. The lowest BCUT2D eigenvalue weighted by Gasteiger charge is -2.08. The van der Waals surface area contributed by atoms with Crippen molar-refractivity contribution < 1.29 is 9.53 Å². The Hall–Kier alpha value is -2.23. The van der Waals surface area contributed by atoms with Crippen LogP contribution in [0.5, 0.6) is 0 Å². The molecule has 106 valence electrons. The molecule has 20 heavy (non-hydrogen) atoms. The van der Waals surface area contributed by atoms with Crippen LogP contribution in [0.25, 0.3) is 0 Å². The number of nitrogens with zero attached hydrogens (tertiary/aromatic N) is 1. The van der Waals surface area contributed by atoms with E-state index in [1.807, 2.05) is 38.4 Å². The van der Waals surface area contributed by atoms with Crippen LogP contribution in [-0.4, -0.2) is 17.1 Å². The topological polar surface area (TPSA) is 43.3 Å². The fraction of sp³-hybridized carbons (Fsp3) is 0.312. The van der Waals surface area contributed by atoms with Crippen LogP contribution in [0.2, 0.25) is 0 Å². The Morgan fingerprint density at radius 2 is 2.00 bits per heavy atom. The Bertz CT molecular complexity index is 558. The average molecular weight is 272 g/mol. The van der Waals surface area contributed by atoms with E-state index in [2.05, 4.69) is 16.0 Å². The maximum atomic E-state index is 11.7. The first kappa shape index (κ1) is 14.2. The monoisotopic (exact) mass is 272 g/mol. The number of esters is 1. The third kappa shape index (κ3) is 3.63. The van der Waals surface area contributed by atoms with Crippen molar-refractivity contribution in [2.24, 2.45) is 7.05 Å². The molecule has 4 heteroatoms. The highest BCUT2D eigenvalue weighted by molar-refractivity contribution is 5.89. The van der Waals surface area contributed by atoms with Gasteiger partial charge in [-0.25, -0.2) is 4.79 Å². The summed E-state index contributed by atoms with van der Waals surface area (Å²) in [5.41, 5.74) is 2.78. The smallest absolute Gasteiger partial charge is 0.338 e. The van der Waals surface area contributed by atoms with Crippen molar-refractivity contribution >= 4 is 11.7 Å². The molecule has 0 radical (unpaired) electrons. The fourth-order valence-corrected chi connectivity index (χ4v) is 1.88. The first-order chi connectivity index (χ1) is 9.70. The molecular formula is C16H20N2O2. The van der Waals surface area contributed by atoms with E-state index in [9.17, 15) is 4.79 Å². The molecule has 1 N–H and O–H groups in total. The second-order valence-corrected chi connectivity index (χ2v) is 4.68. The van der Waals surface area contributed by atoms with E-state index in [0.29, 0.717) is 12.2 Å². The molecule has 2 rings (SSSR count). The molecule has 0 aliphatic carbocycles. The van der Waals surface area contributed by atoms with Gasteiger partial charge in [-0.2, -0.15) is 0 Å². The molecule has 0 saturated carbocycles. The van der Waals surface area contributed by atoms with Crippen LogP contribution in [0.4, 0.5) is 5.69 Å². The van der Waals surface area contributed by atoms with Crippen LogP contribution in [0.3, 0.4) is 0 Å². The molecule has 0 amide bonds. The molecule has 1 aromatic carbocycles. The molecule has 4 nitrogen and oxygen atoms in total. The number of hydrogen-bond acceptors (Lipinski definition) is 3. The van der Waals surface area contributed by atoms with Crippen molar-refractivity contribution in [3.8, 4) is 0 Å². The van der Waals surface area contributed by atoms with Gasteiger partial charge in [-0.3, -0.25) is 0 Å². The summed E-state index contributed by atoms with van der Waals surface area (Å²) in [4.78, 5) is 11.7. The molecule has 0 bridgehead atoms. The highest BCUT2D eigenvalue weighted by Gasteiger charge is 2.06. The van der Waals surface area contributed by atoms with Crippen molar-refractivity contribution in [3.05, 3.63) is 53.9 Å². The van der Waals surface area contributed by atoms with E-state index in [1.165, 1.54) is 5.69 Å². The first-order valence-corrected chi connectivity index (χ1v) is 6.82. The van der Waals surface area contributed by atoms with Gasteiger partial charge in [-0.15, -0.1) is 0 Å². The second-order valence-electron chi connectivity index (χ2n) is 4.68. The first-order valence-electron chi connectivity index (χ1n) is 6.82. The molecular weight excluding hydrogens is 252 g/mol. The lowest BCUT2D eigenvalue weighted by atomic mass is 10.2. The molecule has 0 fully saturated rings. The van der Waals surface area contributed by atoms with Gasteiger partial charge >= 0.3 is 5.97 Å². The molecule has 0 atom stereocenters. The van der Waals surface area contributed by atoms with Crippen LogP contribution in [0.1, 0.15) is 29.4 Å². The standard InChI is InChI=1S/C16H20N2O2/c1-3-11-20-16(19)13-6-8-14(9-7-13)17-12-15-5-4-10-18(15)2/h4-10,17H,3,11-12H2,1-2H3. The number of aryl methyl sites for hydroxylation is 1. The molecule has 0 aliphatic rings. The Morgan fingerprint density at radius 1 is 1.25 bits per heavy atom. The fourth-order valence-electron chi connectivity index (χ4n) is 1.88. The van der Waals surface area contributed by atoms with E-state index in [-0.39, 0.29) is 5.97 Å². The highest BCUT2D eigenvalue weighted by atomic mass is 16.5. The predicted octanol–water partition coefficient (Wildman–Crippen LogP) is 3.20. The minimum absolute atomic E-state index is 0.263. The predicted molar refractivity (Wildman–Crippen MR) is 79.8 cm³/mol. The Kier molecular flexibility index (Phi) is 4.82. The summed E-state index contributed by atoms with van der Waals surface area (Å²) in [5.74, 6) is -0.263. The SMILES string of the molecule is CCCOC(=O)c1ccc(NCc2cccn2C)cc1. The number of rotatable bonds is 6. The van der Waals surface area contributed by atoms with Gasteiger partial charge in [0.15, 0.2) is 0 Å². The third-order valence-corrected chi connectivity index (χ3v) is 3.08. The molecule has 0 spiro atoms. The zero-order valence-corrected chi connectivity index (χ0v) is 11.9. The van der Waals surface area contributed by atoms with Gasteiger partial charge in [0.1, 0.15) is 0 Å². The molecule has 1 heterocycles. The van der Waals surface area contributed by atoms with E-state index in [1.54, 1.807) is 12.1 Å². The molecule has 0 saturated heterocycles. The van der Waals surface area contributed by atoms with E-state index in [4.69, 9.17) is 4.74 Å². The molecule has 1 aromatic heterocycles. The number of anilines is 1. The minimum Gasteiger partial charge on any atom is -0.462 e. The summed E-state index contributed by atoms with van der Waals surface area (Å²) < 4.78 is 7.16. The van der Waals surface area contributed by atoms with Gasteiger partial charge in [0.05, 0.1) is 18.7 Å². The van der Waals surface area contributed by atoms with Crippen molar-refractivity contribution in [2.75, 3.05) is 11.9 Å². The van der Waals surface area contributed by atoms with Gasteiger partial charge in [0.25, 0.3) is 0 Å². The van der Waals surface area contributed by atoms with Crippen molar-refractivity contribution in [3.63, 3.8) is 0 Å². The summed E-state index contributed by atoms with van der Waals surface area (Å²) in [6.45, 7) is 3.19. The number of nitrogens with one attached hydrogen (secondary N) is 1. The van der Waals surface area contributed by atoms with Crippen molar-refractivity contribution in [1.29, 1.82) is 0 Å². The molecule has 2 aromatic rings. The second kappa shape index (κ2) is 6.80. The number of hydrogen-bond donors (Lipinski definition) is 1. The number of benzene rings is 1. The quantitative estimate of drug-likeness (QED) is 0.821. The largest absolute Gasteiger partial charge is 0.462 e. The average Bonchev–Trinajstić information content (AvgIpc) is 2.88. The summed E-state index contributed by atoms with van der Waals surface area (Å²) in [6.07, 6.45) is 2.85. The van der Waals surface area contributed by atoms with Crippen LogP contribution in [-0.2, 0) is 18.3 Å². The van der Waals surface area contributed by atoms with Crippen LogP contribution < -0.4 is 5.32 Å². The van der Waals surface area contributed by atoms with Crippen LogP contribution in [0, 0.1) is 0 Å². The highest BCUT2D eigenvalue weighted by Crippen LogP contribution is 2.12. The summed E-state index contributed by atoms with van der Waals surface area (Å²) in [6, 6.07) is 11.4. The van der Waals surface area contributed by atoms with Gasteiger partial charge in [-0.05, 0) is 42.8 Å². The van der Waals surface area contributed by atoms with Crippen molar-refractivity contribution in [2.45, 2.75) is 19.9 Å². The minimum atomic E-state index is -0.263. The number of carbonyl (C=O) groups excluding carboxylic acids is 1. The normalized spacial score (nSPS) is 10.3. The number of ether oxygens (including phenoxy) is 1. The Labute approximate surface area is 119 Å². The molecule has 0 unspecified atom stereocenters. The zero-order valence-electron chi connectivity index (χ0n) is 11.9. The van der Waals surface area contributed by atoms with Crippen LogP contribution in [0.15, 0.2) is 42.6 Å². The van der Waals surface area contributed by atoms with Gasteiger partial charge in [0, 0.05) is 24.6 Å². The Morgan fingerprint density at radius 3 is 2.60 bits per heavy atom. The Balaban J connectivity index is 1.91. The zero-order chi connectivity index (χ0) is 14.4. The lowest BCUT2D eigenvalue weighted by molar-refractivity contribution is 0.0505. The number of carbonyl (C=O) groups is 1. The van der Waals surface area contributed by atoms with Gasteiger partial charge in [0.2, 0.25) is 0 Å². The van der Waals surface area contributed by atoms with Gasteiger partial charge < -0.3 is 14.6 Å². The van der Waals surface area contributed by atoms with Crippen LogP contribution >= 0.6 is 0 Å². The van der Waals surface area contributed by atoms with E-state index in [0.717, 1.165) is 18.7 Å². The van der Waals surface area contributed by atoms with Gasteiger partial charge in [-0.1, -0.05) is 6.92 Å². The number of aromatic nitrogens is 1. The maximum Gasteiger partial charge on any atom is 0.338 e. The molecule has 0 aliphatic heterocycles. The maximum absolute atomic E-state index is 11.7. The van der Waals surface area contributed by atoms with E-state index < -0.39 is 0 Å².